The maximum Gasteiger partial charge on any atom is 0.155 e. The molecule has 1 aromatic carbocycles. The maximum absolute atomic E-state index is 11.1. The molecule has 1 rings (SSSR count). The number of carbonyl (C=O) groups excluding carboxylic acids is 1. The highest BCUT2D eigenvalue weighted by Gasteiger charge is 2.15. The minimum Gasteiger partial charge on any atom is -1.00 e. The van der Waals surface area contributed by atoms with Crippen molar-refractivity contribution in [3.05, 3.63) is 48.6 Å². The molecule has 0 spiro atoms. The number of carbonyl (C=O) groups is 1. The van der Waals surface area contributed by atoms with Crippen molar-refractivity contribution in [2.45, 2.75) is 19.4 Å². The average molecular weight is 268 g/mol. The van der Waals surface area contributed by atoms with E-state index in [-0.39, 0.29) is 18.2 Å². The minimum absolute atomic E-state index is 0. The van der Waals surface area contributed by atoms with Gasteiger partial charge in [-0.3, -0.25) is 4.79 Å². The molecule has 0 amide bonds. The average Bonchev–Trinajstić information content (AvgIpc) is 2.29. The lowest BCUT2D eigenvalue weighted by Gasteiger charge is -2.29. The summed E-state index contributed by atoms with van der Waals surface area (Å²) < 4.78 is 0.911. The Bertz CT molecular complexity index is 373. The number of hydrogen-bond acceptors (Lipinski definition) is 1. The largest absolute Gasteiger partial charge is 1.00 e. The lowest BCUT2D eigenvalue weighted by molar-refractivity contribution is -0.903. The van der Waals surface area contributed by atoms with Gasteiger partial charge >= 0.3 is 0 Å². The van der Waals surface area contributed by atoms with Crippen molar-refractivity contribution in [1.82, 2.24) is 0 Å². The molecular weight excluding hydrogens is 246 g/mol. The molecule has 1 aromatic rings. The number of hydrogen-bond donors (Lipinski definition) is 0. The molecule has 0 aliphatic heterocycles. The summed E-state index contributed by atoms with van der Waals surface area (Å²) in [4.78, 5) is 11.1. The number of ketones is 1. The van der Waals surface area contributed by atoms with Gasteiger partial charge in [-0.25, -0.2) is 0 Å². The van der Waals surface area contributed by atoms with Crippen molar-refractivity contribution in [1.29, 1.82) is 0 Å². The number of nitrogens with zero attached hydrogens (tertiary/aromatic N) is 1. The van der Waals surface area contributed by atoms with E-state index in [0.717, 1.165) is 24.0 Å². The van der Waals surface area contributed by atoms with E-state index in [9.17, 15) is 4.79 Å². The van der Waals surface area contributed by atoms with Crippen LogP contribution in [0.2, 0.25) is 0 Å². The Hall–Kier alpha value is -1.12. The molecule has 100 valence electrons. The third kappa shape index (κ3) is 6.58. The van der Waals surface area contributed by atoms with Crippen LogP contribution in [-0.2, 0) is 11.3 Å². The summed E-state index contributed by atoms with van der Waals surface area (Å²) in [6, 6.07) is 10.5. The van der Waals surface area contributed by atoms with Crippen LogP contribution >= 0.6 is 0 Å². The van der Waals surface area contributed by atoms with Crippen LogP contribution in [0.25, 0.3) is 0 Å². The molecule has 0 aliphatic rings. The van der Waals surface area contributed by atoms with E-state index >= 15 is 0 Å². The van der Waals surface area contributed by atoms with Crippen molar-refractivity contribution in [2.24, 2.45) is 0 Å². The van der Waals surface area contributed by atoms with Gasteiger partial charge in [-0.15, -0.1) is 0 Å². The fraction of sp³-hybridized carbons (Fsp3) is 0.400. The molecule has 0 saturated carbocycles. The van der Waals surface area contributed by atoms with Crippen molar-refractivity contribution in [3.8, 4) is 0 Å². The zero-order chi connectivity index (χ0) is 12.7. The van der Waals surface area contributed by atoms with Crippen molar-refractivity contribution >= 4 is 5.78 Å². The van der Waals surface area contributed by atoms with Crippen LogP contribution in [0.3, 0.4) is 0 Å². The van der Waals surface area contributed by atoms with Gasteiger partial charge in [-0.05, 0) is 6.08 Å². The number of rotatable bonds is 7. The second kappa shape index (κ2) is 8.06. The molecule has 0 heterocycles. The lowest BCUT2D eigenvalue weighted by atomic mass is 10.1. The SMILES string of the molecule is C=CC(=O)CCC[N+](C)(C)Cc1ccccc1.[Cl-]. The van der Waals surface area contributed by atoms with Crippen molar-refractivity contribution < 1.29 is 21.7 Å². The number of halogens is 1. The molecule has 0 unspecified atom stereocenters. The van der Waals surface area contributed by atoms with Gasteiger partial charge in [0, 0.05) is 18.4 Å². The van der Waals surface area contributed by atoms with E-state index in [1.54, 1.807) is 0 Å². The van der Waals surface area contributed by atoms with Crippen LogP contribution in [-0.4, -0.2) is 30.9 Å². The lowest BCUT2D eigenvalue weighted by Crippen LogP contribution is -3.00. The van der Waals surface area contributed by atoms with E-state index in [1.165, 1.54) is 11.6 Å². The van der Waals surface area contributed by atoms with Gasteiger partial charge in [0.1, 0.15) is 6.54 Å². The summed E-state index contributed by atoms with van der Waals surface area (Å²) in [5, 5.41) is 0. The zero-order valence-corrected chi connectivity index (χ0v) is 12.0. The predicted octanol–water partition coefficient (Wildman–Crippen LogP) is -0.198. The Morgan fingerprint density at radius 2 is 1.89 bits per heavy atom. The van der Waals surface area contributed by atoms with Gasteiger partial charge in [0.05, 0.1) is 20.6 Å². The van der Waals surface area contributed by atoms with E-state index in [1.807, 2.05) is 6.07 Å². The first kappa shape index (κ1) is 16.9. The zero-order valence-electron chi connectivity index (χ0n) is 11.2. The van der Waals surface area contributed by atoms with Gasteiger partial charge in [-0.2, -0.15) is 0 Å². The Morgan fingerprint density at radius 3 is 2.44 bits per heavy atom. The van der Waals surface area contributed by atoms with Crippen LogP contribution in [0.15, 0.2) is 43.0 Å². The summed E-state index contributed by atoms with van der Waals surface area (Å²) >= 11 is 0. The monoisotopic (exact) mass is 267 g/mol. The standard InChI is InChI=1S/C15H22NO.ClH/c1-4-15(17)11-8-12-16(2,3)13-14-9-6-5-7-10-14;/h4-7,9-10H,1,8,11-13H2,2-3H3;1H/q+1;/p-1. The molecule has 0 aromatic heterocycles. The molecule has 0 saturated heterocycles. The summed E-state index contributed by atoms with van der Waals surface area (Å²) in [7, 11) is 4.40. The van der Waals surface area contributed by atoms with Gasteiger partial charge in [-0.1, -0.05) is 36.9 Å². The van der Waals surface area contributed by atoms with Crippen LogP contribution in [0.1, 0.15) is 18.4 Å². The van der Waals surface area contributed by atoms with Gasteiger partial charge in [0.2, 0.25) is 0 Å². The second-order valence-electron chi connectivity index (χ2n) is 5.08. The summed E-state index contributed by atoms with van der Waals surface area (Å²) in [5.41, 5.74) is 1.34. The highest BCUT2D eigenvalue weighted by atomic mass is 35.5. The Kier molecular flexibility index (Phi) is 7.56. The summed E-state index contributed by atoms with van der Waals surface area (Å²) in [6.45, 7) is 5.50. The fourth-order valence-corrected chi connectivity index (χ4v) is 1.94. The summed E-state index contributed by atoms with van der Waals surface area (Å²) in [5.74, 6) is 0.143. The molecule has 0 N–H and O–H groups in total. The highest BCUT2D eigenvalue weighted by molar-refractivity contribution is 5.88. The third-order valence-electron chi connectivity index (χ3n) is 2.87. The van der Waals surface area contributed by atoms with E-state index in [4.69, 9.17) is 0 Å². The van der Waals surface area contributed by atoms with Crippen molar-refractivity contribution in [2.75, 3.05) is 20.6 Å². The fourth-order valence-electron chi connectivity index (χ4n) is 1.94. The second-order valence-corrected chi connectivity index (χ2v) is 5.08. The molecule has 18 heavy (non-hydrogen) atoms. The topological polar surface area (TPSA) is 17.1 Å². The Balaban J connectivity index is 0.00000289. The molecule has 0 atom stereocenters. The van der Waals surface area contributed by atoms with E-state index < -0.39 is 0 Å². The van der Waals surface area contributed by atoms with Gasteiger partial charge in [0.25, 0.3) is 0 Å². The molecule has 0 aliphatic carbocycles. The minimum atomic E-state index is 0. The predicted molar refractivity (Wildman–Crippen MR) is 71.6 cm³/mol. The van der Waals surface area contributed by atoms with Gasteiger partial charge in [0.15, 0.2) is 5.78 Å². The Morgan fingerprint density at radius 1 is 1.28 bits per heavy atom. The highest BCUT2D eigenvalue weighted by Crippen LogP contribution is 2.10. The number of quaternary nitrogens is 1. The maximum atomic E-state index is 11.1. The molecule has 0 radical (unpaired) electrons. The van der Waals surface area contributed by atoms with Crippen LogP contribution in [0.5, 0.6) is 0 Å². The molecular formula is C15H22ClNO. The molecule has 0 fully saturated rings. The normalized spacial score (nSPS) is 10.6. The quantitative estimate of drug-likeness (QED) is 0.494. The number of benzene rings is 1. The first-order chi connectivity index (χ1) is 8.03. The smallest absolute Gasteiger partial charge is 0.155 e. The molecule has 2 nitrogen and oxygen atoms in total. The molecule has 3 heteroatoms. The van der Waals surface area contributed by atoms with Crippen LogP contribution in [0.4, 0.5) is 0 Å². The molecule has 0 bridgehead atoms. The van der Waals surface area contributed by atoms with Crippen LogP contribution < -0.4 is 12.4 Å². The number of allylic oxidation sites excluding steroid dienone is 1. The van der Waals surface area contributed by atoms with E-state index in [0.29, 0.717) is 6.42 Å². The van der Waals surface area contributed by atoms with Crippen LogP contribution in [0, 0.1) is 0 Å². The first-order valence-corrected chi connectivity index (χ1v) is 6.05. The Labute approximate surface area is 116 Å². The van der Waals surface area contributed by atoms with Gasteiger partial charge < -0.3 is 16.9 Å². The summed E-state index contributed by atoms with van der Waals surface area (Å²) in [6.07, 6.45) is 2.95. The van der Waals surface area contributed by atoms with E-state index in [2.05, 4.69) is 44.9 Å². The third-order valence-corrected chi connectivity index (χ3v) is 2.87. The van der Waals surface area contributed by atoms with Crippen molar-refractivity contribution in [3.63, 3.8) is 0 Å². The first-order valence-electron chi connectivity index (χ1n) is 6.05.